The van der Waals surface area contributed by atoms with Crippen LogP contribution in [-0.2, 0) is 0 Å². The second kappa shape index (κ2) is 13.8. The molecule has 0 bridgehead atoms. The first kappa shape index (κ1) is 35.7. The molecule has 0 aliphatic rings. The Hall–Kier alpha value is -8.87. The Balaban J connectivity index is 1.05. The molecular weight excluding hydrogens is 797 g/mol. The average molecular weight is 831 g/mol. The number of nitrogens with zero attached hydrogens (tertiary/aromatic N) is 4. The highest BCUT2D eigenvalue weighted by Gasteiger charge is 2.24. The molecule has 0 aliphatic heterocycles. The topological polar surface area (TPSA) is 69.9 Å². The quantitative estimate of drug-likeness (QED) is 0.173. The van der Waals surface area contributed by atoms with Crippen molar-refractivity contribution in [2.24, 2.45) is 0 Å². The van der Waals surface area contributed by atoms with Gasteiger partial charge in [-0.2, -0.15) is 0 Å². The highest BCUT2D eigenvalue weighted by atomic mass is 16.3. The Morgan fingerprint density at radius 3 is 1.52 bits per heavy atom. The van der Waals surface area contributed by atoms with Crippen molar-refractivity contribution in [3.8, 4) is 51.0 Å². The van der Waals surface area contributed by atoms with Crippen LogP contribution in [-0.4, -0.2) is 19.5 Å². The zero-order valence-electron chi connectivity index (χ0n) is 34.7. The fourth-order valence-corrected chi connectivity index (χ4v) is 9.94. The molecule has 65 heavy (non-hydrogen) atoms. The molecule has 0 radical (unpaired) electrons. The fourth-order valence-electron chi connectivity index (χ4n) is 9.94. The van der Waals surface area contributed by atoms with Crippen LogP contribution in [0.2, 0.25) is 0 Å². The fraction of sp³-hybridized carbons (Fsp3) is 0. The number of para-hydroxylation sites is 3. The first-order chi connectivity index (χ1) is 32.2. The van der Waals surface area contributed by atoms with Crippen molar-refractivity contribution in [3.05, 3.63) is 206 Å². The maximum atomic E-state index is 7.01. The van der Waals surface area contributed by atoms with Crippen LogP contribution in [0.4, 0.5) is 0 Å². The summed E-state index contributed by atoms with van der Waals surface area (Å²) >= 11 is 0. The van der Waals surface area contributed by atoms with Gasteiger partial charge in [-0.25, -0.2) is 15.0 Å². The Labute approximate surface area is 371 Å². The molecule has 14 rings (SSSR count). The largest absolute Gasteiger partial charge is 0.455 e. The molecule has 0 fully saturated rings. The summed E-state index contributed by atoms with van der Waals surface area (Å²) in [5.74, 6) is 1.62. The van der Waals surface area contributed by atoms with Crippen LogP contribution in [0, 0.1) is 0 Å². The lowest BCUT2D eigenvalue weighted by Crippen LogP contribution is -2.01. The van der Waals surface area contributed by atoms with Gasteiger partial charge in [0.15, 0.2) is 23.1 Å². The summed E-state index contributed by atoms with van der Waals surface area (Å²) in [4.78, 5) is 15.9. The van der Waals surface area contributed by atoms with Gasteiger partial charge in [-0.3, -0.25) is 0 Å². The lowest BCUT2D eigenvalue weighted by atomic mass is 10.0. The molecule has 14 aromatic rings. The van der Waals surface area contributed by atoms with Gasteiger partial charge in [0.1, 0.15) is 16.7 Å². The van der Waals surface area contributed by atoms with E-state index in [1.54, 1.807) is 0 Å². The van der Waals surface area contributed by atoms with Crippen molar-refractivity contribution < 1.29 is 8.83 Å². The van der Waals surface area contributed by atoms with E-state index in [0.29, 0.717) is 17.5 Å². The number of benzene rings is 10. The lowest BCUT2D eigenvalue weighted by Gasteiger charge is -2.13. The minimum atomic E-state index is 0.521. The molecule has 0 atom stereocenters. The third-order valence-electron chi connectivity index (χ3n) is 13.0. The van der Waals surface area contributed by atoms with E-state index in [9.17, 15) is 0 Å². The summed E-state index contributed by atoms with van der Waals surface area (Å²) in [5, 5.41) is 11.1. The standard InChI is InChI=1S/C59H34N4O2/c1-2-13-35(14-3-1)36-25-27-37(28-26-36)57-60-58(62-59(61-57)46-22-12-21-43-42-19-8-10-23-52(42)64-55(43)46)45-29-30-49(56-54(45)44-20-9-11-24-53(44)65-56)63-50-33-40-17-6-4-15-38(40)31-47(50)48-32-39-16-5-7-18-41(39)34-51(48)63/h1-34H. The summed E-state index contributed by atoms with van der Waals surface area (Å²) in [7, 11) is 0. The zero-order chi connectivity index (χ0) is 42.6. The Morgan fingerprint density at radius 1 is 0.323 bits per heavy atom. The summed E-state index contributed by atoms with van der Waals surface area (Å²) < 4.78 is 16.0. The SMILES string of the molecule is c1ccc(-c2ccc(-c3nc(-c4cccc5c4oc4ccccc45)nc(-c4ccc(-n5c6cc7ccccc7cc6c6cc7ccccc7cc65)c5oc6ccccc6c45)n3)cc2)cc1. The van der Waals surface area contributed by atoms with Crippen LogP contribution in [0.1, 0.15) is 0 Å². The van der Waals surface area contributed by atoms with Gasteiger partial charge in [0.05, 0.1) is 22.3 Å². The predicted molar refractivity (Wildman–Crippen MR) is 265 cm³/mol. The van der Waals surface area contributed by atoms with Crippen LogP contribution in [0.5, 0.6) is 0 Å². The lowest BCUT2D eigenvalue weighted by molar-refractivity contribution is 0.666. The number of aromatic nitrogens is 4. The molecule has 0 saturated heterocycles. The maximum absolute atomic E-state index is 7.01. The molecule has 4 heterocycles. The molecule has 4 aromatic heterocycles. The van der Waals surface area contributed by atoms with Gasteiger partial charge in [0.25, 0.3) is 0 Å². The van der Waals surface area contributed by atoms with Crippen LogP contribution < -0.4 is 0 Å². The van der Waals surface area contributed by atoms with E-state index in [4.69, 9.17) is 23.8 Å². The number of hydrogen-bond donors (Lipinski definition) is 0. The van der Waals surface area contributed by atoms with Crippen molar-refractivity contribution >= 4 is 87.2 Å². The number of rotatable bonds is 5. The van der Waals surface area contributed by atoms with Gasteiger partial charge >= 0.3 is 0 Å². The van der Waals surface area contributed by atoms with E-state index in [2.05, 4.69) is 162 Å². The molecule has 0 unspecified atom stereocenters. The molecule has 0 N–H and O–H groups in total. The molecule has 0 amide bonds. The third-order valence-corrected chi connectivity index (χ3v) is 13.0. The predicted octanol–water partition coefficient (Wildman–Crippen LogP) is 15.7. The van der Waals surface area contributed by atoms with Gasteiger partial charge in [0.2, 0.25) is 0 Å². The molecular formula is C59H34N4O2. The number of hydrogen-bond acceptors (Lipinski definition) is 5. The molecule has 0 saturated carbocycles. The zero-order valence-corrected chi connectivity index (χ0v) is 34.7. The minimum absolute atomic E-state index is 0.521. The second-order valence-corrected chi connectivity index (χ2v) is 16.7. The van der Waals surface area contributed by atoms with Crippen LogP contribution in [0.25, 0.3) is 138 Å². The van der Waals surface area contributed by atoms with Crippen molar-refractivity contribution in [2.45, 2.75) is 0 Å². The van der Waals surface area contributed by atoms with Crippen LogP contribution in [0.15, 0.2) is 215 Å². The van der Waals surface area contributed by atoms with Gasteiger partial charge in [-0.15, -0.1) is 0 Å². The van der Waals surface area contributed by atoms with Gasteiger partial charge in [-0.1, -0.05) is 152 Å². The maximum Gasteiger partial charge on any atom is 0.167 e. The van der Waals surface area contributed by atoms with Gasteiger partial charge in [-0.05, 0) is 87.3 Å². The van der Waals surface area contributed by atoms with Crippen LogP contribution in [0.3, 0.4) is 0 Å². The average Bonchev–Trinajstić information content (AvgIpc) is 4.05. The highest BCUT2D eigenvalue weighted by molar-refractivity contribution is 6.19. The molecule has 10 aromatic carbocycles. The molecule has 6 heteroatoms. The van der Waals surface area contributed by atoms with E-state index >= 15 is 0 Å². The first-order valence-corrected chi connectivity index (χ1v) is 21.8. The Morgan fingerprint density at radius 2 is 0.831 bits per heavy atom. The first-order valence-electron chi connectivity index (χ1n) is 21.8. The summed E-state index contributed by atoms with van der Waals surface area (Å²) in [6.07, 6.45) is 0. The third kappa shape index (κ3) is 5.51. The van der Waals surface area contributed by atoms with Gasteiger partial charge < -0.3 is 13.4 Å². The monoisotopic (exact) mass is 830 g/mol. The van der Waals surface area contributed by atoms with E-state index in [-0.39, 0.29) is 0 Å². The molecule has 0 aliphatic carbocycles. The summed E-state index contributed by atoms with van der Waals surface area (Å²) in [6, 6.07) is 72.1. The van der Waals surface area contributed by atoms with E-state index in [0.717, 1.165) is 88.4 Å². The van der Waals surface area contributed by atoms with E-state index in [1.807, 2.05) is 48.5 Å². The Kier molecular flexibility index (Phi) is 7.59. The number of fused-ring (bicyclic) bond motifs is 11. The molecule has 302 valence electrons. The minimum Gasteiger partial charge on any atom is -0.455 e. The van der Waals surface area contributed by atoms with Crippen molar-refractivity contribution in [1.82, 2.24) is 19.5 Å². The highest BCUT2D eigenvalue weighted by Crippen LogP contribution is 2.44. The summed E-state index contributed by atoms with van der Waals surface area (Å²) in [6.45, 7) is 0. The molecule has 0 spiro atoms. The van der Waals surface area contributed by atoms with Crippen molar-refractivity contribution in [2.75, 3.05) is 0 Å². The molecule has 6 nitrogen and oxygen atoms in total. The van der Waals surface area contributed by atoms with E-state index < -0.39 is 0 Å². The second-order valence-electron chi connectivity index (χ2n) is 16.7. The van der Waals surface area contributed by atoms with Crippen LogP contribution >= 0.6 is 0 Å². The van der Waals surface area contributed by atoms with E-state index in [1.165, 1.54) is 32.3 Å². The van der Waals surface area contributed by atoms with Crippen molar-refractivity contribution in [3.63, 3.8) is 0 Å². The van der Waals surface area contributed by atoms with Crippen molar-refractivity contribution in [1.29, 1.82) is 0 Å². The Bertz CT molecular complexity index is 4140. The van der Waals surface area contributed by atoms with Gasteiger partial charge in [0, 0.05) is 43.4 Å². The summed E-state index contributed by atoms with van der Waals surface area (Å²) in [5.41, 5.74) is 11.0. The smallest absolute Gasteiger partial charge is 0.167 e. The normalized spacial score (nSPS) is 12.0. The number of furan rings is 2.